The van der Waals surface area contributed by atoms with Gasteiger partial charge in [0.1, 0.15) is 0 Å². The fraction of sp³-hybridized carbons (Fsp3) is 0.524. The fourth-order valence-corrected chi connectivity index (χ4v) is 3.06. The third kappa shape index (κ3) is 4.33. The van der Waals surface area contributed by atoms with Crippen LogP contribution in [0.15, 0.2) is 30.9 Å². The van der Waals surface area contributed by atoms with E-state index in [0.717, 1.165) is 6.42 Å². The Morgan fingerprint density at radius 3 is 2.27 bits per heavy atom. The largest absolute Gasteiger partial charge is 0.376 e. The second kappa shape index (κ2) is 10.4. The first kappa shape index (κ1) is 20.7. The number of ether oxygens (including phenoxy) is 1. The van der Waals surface area contributed by atoms with Crippen LogP contribution in [-0.2, 0) is 11.2 Å². The molecule has 0 aromatic heterocycles. The van der Waals surface area contributed by atoms with Crippen LogP contribution < -0.4 is 0 Å². The van der Waals surface area contributed by atoms with E-state index in [0.29, 0.717) is 5.92 Å². The molecule has 124 valence electrons. The second-order valence-corrected chi connectivity index (χ2v) is 5.17. The lowest BCUT2D eigenvalue weighted by molar-refractivity contribution is 0.0695. The highest BCUT2D eigenvalue weighted by Gasteiger charge is 2.31. The summed E-state index contributed by atoms with van der Waals surface area (Å²) in [7, 11) is 1.81. The molecule has 2 rings (SSSR count). The quantitative estimate of drug-likeness (QED) is 0.578. The molecule has 0 saturated carbocycles. The van der Waals surface area contributed by atoms with Gasteiger partial charge in [-0.15, -0.1) is 0 Å². The molecule has 1 nitrogen and oxygen atoms in total. The predicted molar refractivity (Wildman–Crippen MR) is 100 cm³/mol. The van der Waals surface area contributed by atoms with Crippen molar-refractivity contribution in [1.82, 2.24) is 0 Å². The number of fused-ring (bicyclic) bond motifs is 1. The van der Waals surface area contributed by atoms with Crippen molar-refractivity contribution in [1.29, 1.82) is 0 Å². The lowest BCUT2D eigenvalue weighted by Crippen LogP contribution is -2.05. The maximum absolute atomic E-state index is 5.66. The first-order chi connectivity index (χ1) is 10.6. The van der Waals surface area contributed by atoms with Gasteiger partial charge in [-0.3, -0.25) is 0 Å². The Hall–Kier alpha value is -1.34. The number of hydrogen-bond donors (Lipinski definition) is 0. The summed E-state index contributed by atoms with van der Waals surface area (Å²) in [6.45, 7) is 18.4. The predicted octanol–water partition coefficient (Wildman–Crippen LogP) is 6.52. The molecule has 0 saturated heterocycles. The van der Waals surface area contributed by atoms with E-state index < -0.39 is 0 Å². The second-order valence-electron chi connectivity index (χ2n) is 5.17. The Balaban J connectivity index is 0.00000102. The number of methoxy groups -OCH3 is 1. The monoisotopic (exact) mass is 302 g/mol. The minimum absolute atomic E-state index is 0.238. The van der Waals surface area contributed by atoms with E-state index in [1.54, 1.807) is 0 Å². The standard InChI is InChI=1S/C17H22O.2C2H6/c1-6-13(7-2)14-8-11(3)9-16-15(14)10-12(4)17(16)18-5;2*1-2/h6-9,12,17H,1,10H2,2-5H3;2*1-2H3/b13-7+;;. The molecule has 0 amide bonds. The molecule has 2 unspecified atom stereocenters. The molecule has 2 atom stereocenters. The van der Waals surface area contributed by atoms with Crippen LogP contribution in [-0.4, -0.2) is 7.11 Å². The summed E-state index contributed by atoms with van der Waals surface area (Å²) in [6.07, 6.45) is 5.41. The minimum Gasteiger partial charge on any atom is -0.376 e. The van der Waals surface area contributed by atoms with Crippen LogP contribution >= 0.6 is 0 Å². The van der Waals surface area contributed by atoms with Crippen LogP contribution in [0.5, 0.6) is 0 Å². The molecular weight excluding hydrogens is 268 g/mol. The molecular formula is C21H34O. The third-order valence-corrected chi connectivity index (χ3v) is 3.87. The van der Waals surface area contributed by atoms with E-state index in [2.05, 4.69) is 45.6 Å². The van der Waals surface area contributed by atoms with Crippen molar-refractivity contribution < 1.29 is 4.74 Å². The molecule has 0 radical (unpaired) electrons. The molecule has 1 aliphatic carbocycles. The summed E-state index contributed by atoms with van der Waals surface area (Å²) in [6, 6.07) is 4.54. The smallest absolute Gasteiger partial charge is 0.0852 e. The van der Waals surface area contributed by atoms with Crippen molar-refractivity contribution in [3.8, 4) is 0 Å². The molecule has 1 heteroatoms. The first-order valence-electron chi connectivity index (χ1n) is 8.57. The van der Waals surface area contributed by atoms with Crippen LogP contribution in [0.1, 0.15) is 69.9 Å². The Morgan fingerprint density at radius 1 is 1.23 bits per heavy atom. The first-order valence-corrected chi connectivity index (χ1v) is 8.57. The van der Waals surface area contributed by atoms with E-state index in [-0.39, 0.29) is 6.10 Å². The lowest BCUT2D eigenvalue weighted by Gasteiger charge is -2.15. The van der Waals surface area contributed by atoms with E-state index in [1.165, 1.54) is 27.8 Å². The molecule has 0 heterocycles. The summed E-state index contributed by atoms with van der Waals surface area (Å²) in [5.41, 5.74) is 6.64. The number of hydrogen-bond acceptors (Lipinski definition) is 1. The third-order valence-electron chi connectivity index (χ3n) is 3.87. The highest BCUT2D eigenvalue weighted by atomic mass is 16.5. The van der Waals surface area contributed by atoms with Crippen molar-refractivity contribution in [3.63, 3.8) is 0 Å². The molecule has 1 aromatic rings. The maximum atomic E-state index is 5.66. The van der Waals surface area contributed by atoms with Gasteiger partial charge < -0.3 is 4.74 Å². The normalized spacial score (nSPS) is 19.4. The van der Waals surface area contributed by atoms with E-state index in [9.17, 15) is 0 Å². The van der Waals surface area contributed by atoms with Crippen molar-refractivity contribution in [2.75, 3.05) is 7.11 Å². The highest BCUT2D eigenvalue weighted by Crippen LogP contribution is 2.42. The van der Waals surface area contributed by atoms with Gasteiger partial charge in [0.05, 0.1) is 6.10 Å². The highest BCUT2D eigenvalue weighted by molar-refractivity contribution is 5.77. The van der Waals surface area contributed by atoms with E-state index >= 15 is 0 Å². The van der Waals surface area contributed by atoms with Crippen molar-refractivity contribution >= 4 is 5.57 Å². The summed E-state index contributed by atoms with van der Waals surface area (Å²) in [4.78, 5) is 0. The van der Waals surface area contributed by atoms with Crippen LogP contribution in [0.3, 0.4) is 0 Å². The zero-order chi connectivity index (χ0) is 17.3. The Labute approximate surface area is 138 Å². The number of rotatable bonds is 3. The van der Waals surface area contributed by atoms with Gasteiger partial charge in [0.15, 0.2) is 0 Å². The molecule has 22 heavy (non-hydrogen) atoms. The van der Waals surface area contributed by atoms with Gasteiger partial charge in [-0.2, -0.15) is 0 Å². The number of allylic oxidation sites excluding steroid dienone is 3. The summed E-state index contributed by atoms with van der Waals surface area (Å²) in [5.74, 6) is 0.550. The fourth-order valence-electron chi connectivity index (χ4n) is 3.06. The van der Waals surface area contributed by atoms with Crippen molar-refractivity contribution in [2.45, 2.75) is 61.0 Å². The topological polar surface area (TPSA) is 9.23 Å². The van der Waals surface area contributed by atoms with Crippen LogP contribution in [0, 0.1) is 12.8 Å². The zero-order valence-corrected chi connectivity index (χ0v) is 15.8. The summed E-state index contributed by atoms with van der Waals surface area (Å²) in [5, 5.41) is 0. The van der Waals surface area contributed by atoms with Gasteiger partial charge in [0.2, 0.25) is 0 Å². The van der Waals surface area contributed by atoms with Gasteiger partial charge in [-0.25, -0.2) is 0 Å². The average molecular weight is 303 g/mol. The van der Waals surface area contributed by atoms with Gasteiger partial charge in [0.25, 0.3) is 0 Å². The lowest BCUT2D eigenvalue weighted by atomic mass is 9.94. The Morgan fingerprint density at radius 2 is 1.82 bits per heavy atom. The van der Waals surface area contributed by atoms with E-state index in [1.807, 2.05) is 40.9 Å². The van der Waals surface area contributed by atoms with Gasteiger partial charge in [-0.05, 0) is 48.4 Å². The Kier molecular flexibility index (Phi) is 9.76. The van der Waals surface area contributed by atoms with Crippen LogP contribution in [0.25, 0.3) is 5.57 Å². The van der Waals surface area contributed by atoms with Gasteiger partial charge in [0, 0.05) is 7.11 Å². The minimum atomic E-state index is 0.238. The van der Waals surface area contributed by atoms with Gasteiger partial charge >= 0.3 is 0 Å². The molecule has 0 fully saturated rings. The maximum Gasteiger partial charge on any atom is 0.0852 e. The average Bonchev–Trinajstić information content (AvgIpc) is 2.87. The molecule has 0 N–H and O–H groups in total. The van der Waals surface area contributed by atoms with Crippen LogP contribution in [0.4, 0.5) is 0 Å². The van der Waals surface area contributed by atoms with Crippen molar-refractivity contribution in [3.05, 3.63) is 53.1 Å². The molecule has 1 aromatic carbocycles. The zero-order valence-electron chi connectivity index (χ0n) is 15.8. The number of benzene rings is 1. The van der Waals surface area contributed by atoms with E-state index in [4.69, 9.17) is 4.74 Å². The molecule has 0 aliphatic heterocycles. The van der Waals surface area contributed by atoms with Crippen LogP contribution in [0.2, 0.25) is 0 Å². The molecule has 1 aliphatic rings. The Bertz CT molecular complexity index is 497. The molecule has 0 bridgehead atoms. The SMILES string of the molecule is C=C/C(=C\C)c1cc(C)cc2c1CC(C)C2OC.CC.CC. The van der Waals surface area contributed by atoms with Gasteiger partial charge in [-0.1, -0.05) is 71.0 Å². The van der Waals surface area contributed by atoms with Crippen molar-refractivity contribution in [2.24, 2.45) is 5.92 Å². The molecule has 0 spiro atoms. The number of aryl methyl sites for hydroxylation is 1. The summed E-state index contributed by atoms with van der Waals surface area (Å²) < 4.78 is 5.66. The summed E-state index contributed by atoms with van der Waals surface area (Å²) >= 11 is 0.